The summed E-state index contributed by atoms with van der Waals surface area (Å²) in [5.74, 6) is 0.562. The van der Waals surface area contributed by atoms with E-state index in [2.05, 4.69) is 5.32 Å². The van der Waals surface area contributed by atoms with Crippen LogP contribution < -0.4 is 5.32 Å². The van der Waals surface area contributed by atoms with Crippen molar-refractivity contribution in [1.82, 2.24) is 5.32 Å². The van der Waals surface area contributed by atoms with Crippen molar-refractivity contribution >= 4 is 17.6 Å². The summed E-state index contributed by atoms with van der Waals surface area (Å²) < 4.78 is 10.9. The molecule has 1 aromatic rings. The molecule has 1 aromatic carbocycles. The first-order chi connectivity index (χ1) is 11.7. The van der Waals surface area contributed by atoms with Crippen LogP contribution in [0.25, 0.3) is 0 Å². The molecule has 1 aliphatic rings. The second-order valence-corrected chi connectivity index (χ2v) is 6.78. The van der Waals surface area contributed by atoms with Crippen LogP contribution in [0.2, 0.25) is 5.02 Å². The highest BCUT2D eigenvalue weighted by atomic mass is 35.5. The maximum atomic E-state index is 11.3. The van der Waals surface area contributed by atoms with Gasteiger partial charge in [0.05, 0.1) is 25.7 Å². The number of benzene rings is 1. The van der Waals surface area contributed by atoms with E-state index in [1.165, 1.54) is 18.4 Å². The van der Waals surface area contributed by atoms with Gasteiger partial charge >= 0.3 is 5.97 Å². The number of halogens is 1. The van der Waals surface area contributed by atoms with Gasteiger partial charge in [0.2, 0.25) is 0 Å². The van der Waals surface area contributed by atoms with Crippen LogP contribution in [-0.2, 0) is 20.9 Å². The molecule has 134 valence electrons. The molecule has 1 N–H and O–H groups in total. The Labute approximate surface area is 149 Å². The van der Waals surface area contributed by atoms with E-state index in [0.29, 0.717) is 38.2 Å². The fourth-order valence-corrected chi connectivity index (χ4v) is 3.15. The van der Waals surface area contributed by atoms with Crippen LogP contribution in [0.4, 0.5) is 0 Å². The second-order valence-electron chi connectivity index (χ2n) is 6.34. The van der Waals surface area contributed by atoms with E-state index in [0.717, 1.165) is 24.4 Å². The summed E-state index contributed by atoms with van der Waals surface area (Å²) in [4.78, 5) is 11.3. The van der Waals surface area contributed by atoms with Gasteiger partial charge in [0.15, 0.2) is 0 Å². The first-order valence-electron chi connectivity index (χ1n) is 8.89. The maximum Gasteiger partial charge on any atom is 0.307 e. The highest BCUT2D eigenvalue weighted by Gasteiger charge is 2.21. The Morgan fingerprint density at radius 3 is 2.58 bits per heavy atom. The second kappa shape index (κ2) is 10.7. The molecular weight excluding hydrogens is 326 g/mol. The molecule has 1 saturated carbocycles. The van der Waals surface area contributed by atoms with E-state index in [9.17, 15) is 4.79 Å². The van der Waals surface area contributed by atoms with E-state index < -0.39 is 0 Å². The molecule has 0 saturated heterocycles. The van der Waals surface area contributed by atoms with Crippen LogP contribution in [0.3, 0.4) is 0 Å². The van der Waals surface area contributed by atoms with Gasteiger partial charge in [0, 0.05) is 11.6 Å². The summed E-state index contributed by atoms with van der Waals surface area (Å²) in [6.45, 7) is 4.62. The predicted octanol–water partition coefficient (Wildman–Crippen LogP) is 3.96. The van der Waals surface area contributed by atoms with E-state index in [-0.39, 0.29) is 5.97 Å². The quantitative estimate of drug-likeness (QED) is 0.539. The summed E-state index contributed by atoms with van der Waals surface area (Å²) in [6.07, 6.45) is 5.38. The third-order valence-corrected chi connectivity index (χ3v) is 4.69. The minimum Gasteiger partial charge on any atom is -0.466 e. The average Bonchev–Trinajstić information content (AvgIpc) is 2.59. The minimum absolute atomic E-state index is 0.121. The molecule has 24 heavy (non-hydrogen) atoms. The summed E-state index contributed by atoms with van der Waals surface area (Å²) in [5, 5.41) is 4.13. The number of ether oxygens (including phenoxy) is 2. The zero-order valence-corrected chi connectivity index (χ0v) is 15.2. The van der Waals surface area contributed by atoms with Crippen LogP contribution in [0.5, 0.6) is 0 Å². The molecule has 0 aromatic heterocycles. The lowest BCUT2D eigenvalue weighted by Gasteiger charge is -2.28. The number of carbonyl (C=O) groups is 1. The Kier molecular flexibility index (Phi) is 8.57. The van der Waals surface area contributed by atoms with Crippen molar-refractivity contribution < 1.29 is 14.3 Å². The van der Waals surface area contributed by atoms with Crippen molar-refractivity contribution in [3.8, 4) is 0 Å². The van der Waals surface area contributed by atoms with Gasteiger partial charge in [-0.05, 0) is 62.8 Å². The number of carbonyl (C=O) groups excluding carboxylic acids is 1. The van der Waals surface area contributed by atoms with Crippen molar-refractivity contribution in [2.24, 2.45) is 5.92 Å². The zero-order chi connectivity index (χ0) is 17.2. The highest BCUT2D eigenvalue weighted by molar-refractivity contribution is 6.30. The van der Waals surface area contributed by atoms with Gasteiger partial charge in [-0.1, -0.05) is 23.7 Å². The van der Waals surface area contributed by atoms with Crippen LogP contribution in [0.1, 0.15) is 44.6 Å². The standard InChI is InChI=1S/C19H28ClNO3/c1-2-23-19(22)11-12-21-13-15-5-9-18(10-6-15)24-14-16-3-7-17(20)8-4-16/h3-4,7-8,15,18,21H,2,5-6,9-14H2,1H3/t15-,18-. The summed E-state index contributed by atoms with van der Waals surface area (Å²) in [7, 11) is 0. The van der Waals surface area contributed by atoms with Gasteiger partial charge in [-0.25, -0.2) is 0 Å². The van der Waals surface area contributed by atoms with Crippen molar-refractivity contribution in [3.63, 3.8) is 0 Å². The van der Waals surface area contributed by atoms with Crippen molar-refractivity contribution in [2.75, 3.05) is 19.7 Å². The first kappa shape index (κ1) is 19.2. The lowest BCUT2D eigenvalue weighted by Crippen LogP contribution is -2.30. The number of rotatable bonds is 9. The minimum atomic E-state index is -0.121. The lowest BCUT2D eigenvalue weighted by molar-refractivity contribution is -0.142. The number of esters is 1. The molecule has 0 atom stereocenters. The topological polar surface area (TPSA) is 47.6 Å². The van der Waals surface area contributed by atoms with E-state index in [4.69, 9.17) is 21.1 Å². The molecule has 0 heterocycles. The molecule has 2 rings (SSSR count). The first-order valence-corrected chi connectivity index (χ1v) is 9.27. The van der Waals surface area contributed by atoms with Crippen LogP contribution >= 0.6 is 11.6 Å². The molecule has 0 aliphatic heterocycles. The SMILES string of the molecule is CCOC(=O)CCNC[C@H]1CC[C@H](OCc2ccc(Cl)cc2)CC1. The monoisotopic (exact) mass is 353 g/mol. The van der Waals surface area contributed by atoms with Crippen molar-refractivity contribution in [1.29, 1.82) is 0 Å². The Bertz CT molecular complexity index is 484. The fourth-order valence-electron chi connectivity index (χ4n) is 3.03. The van der Waals surface area contributed by atoms with E-state index in [1.807, 2.05) is 31.2 Å². The number of hydrogen-bond donors (Lipinski definition) is 1. The molecule has 5 heteroatoms. The van der Waals surface area contributed by atoms with Crippen molar-refractivity contribution in [3.05, 3.63) is 34.9 Å². The largest absolute Gasteiger partial charge is 0.466 e. The average molecular weight is 354 g/mol. The third kappa shape index (κ3) is 7.20. The van der Waals surface area contributed by atoms with Gasteiger partial charge in [0.1, 0.15) is 0 Å². The molecule has 0 radical (unpaired) electrons. The Balaban J connectivity index is 1.54. The third-order valence-electron chi connectivity index (χ3n) is 4.44. The molecule has 1 aliphatic carbocycles. The Hall–Kier alpha value is -1.10. The smallest absolute Gasteiger partial charge is 0.307 e. The van der Waals surface area contributed by atoms with Gasteiger partial charge < -0.3 is 14.8 Å². The molecule has 0 spiro atoms. The predicted molar refractivity (Wildman–Crippen MR) is 96.1 cm³/mol. The molecule has 0 bridgehead atoms. The molecular formula is C19H28ClNO3. The Morgan fingerprint density at radius 2 is 1.92 bits per heavy atom. The molecule has 4 nitrogen and oxygen atoms in total. The normalized spacial score (nSPS) is 20.8. The van der Waals surface area contributed by atoms with Crippen LogP contribution in [0.15, 0.2) is 24.3 Å². The zero-order valence-electron chi connectivity index (χ0n) is 14.4. The van der Waals surface area contributed by atoms with E-state index in [1.54, 1.807) is 0 Å². The number of hydrogen-bond acceptors (Lipinski definition) is 4. The molecule has 0 amide bonds. The maximum absolute atomic E-state index is 11.3. The molecule has 0 unspecified atom stereocenters. The van der Waals surface area contributed by atoms with Gasteiger partial charge in [-0.3, -0.25) is 4.79 Å². The summed E-state index contributed by atoms with van der Waals surface area (Å²) in [6, 6.07) is 7.83. The highest BCUT2D eigenvalue weighted by Crippen LogP contribution is 2.26. The molecule has 1 fully saturated rings. The van der Waals surface area contributed by atoms with Crippen LogP contribution in [-0.4, -0.2) is 31.8 Å². The van der Waals surface area contributed by atoms with Gasteiger partial charge in [-0.2, -0.15) is 0 Å². The van der Waals surface area contributed by atoms with Crippen molar-refractivity contribution in [2.45, 2.75) is 51.7 Å². The van der Waals surface area contributed by atoms with Gasteiger partial charge in [-0.15, -0.1) is 0 Å². The lowest BCUT2D eigenvalue weighted by atomic mass is 9.87. The number of nitrogens with one attached hydrogen (secondary N) is 1. The van der Waals surface area contributed by atoms with Crippen LogP contribution in [0, 0.1) is 5.92 Å². The summed E-state index contributed by atoms with van der Waals surface area (Å²) in [5.41, 5.74) is 1.17. The summed E-state index contributed by atoms with van der Waals surface area (Å²) >= 11 is 5.89. The fraction of sp³-hybridized carbons (Fsp3) is 0.632. The van der Waals surface area contributed by atoms with E-state index >= 15 is 0 Å². The Morgan fingerprint density at radius 1 is 1.21 bits per heavy atom. The van der Waals surface area contributed by atoms with Gasteiger partial charge in [0.25, 0.3) is 0 Å².